The normalized spacial score (nSPS) is 16.8. The van der Waals surface area contributed by atoms with Crippen molar-refractivity contribution in [1.82, 2.24) is 15.2 Å². The van der Waals surface area contributed by atoms with Gasteiger partial charge in [-0.2, -0.15) is 5.10 Å². The molecule has 22 heavy (non-hydrogen) atoms. The molecule has 0 saturated carbocycles. The molecule has 0 aromatic heterocycles. The fraction of sp³-hybridized carbons (Fsp3) is 0.500. The zero-order chi connectivity index (χ0) is 15.8. The molecule has 120 valence electrons. The van der Waals surface area contributed by atoms with E-state index in [0.29, 0.717) is 6.42 Å². The third kappa shape index (κ3) is 5.13. The van der Waals surface area contributed by atoms with Gasteiger partial charge in [-0.1, -0.05) is 12.1 Å². The third-order valence-corrected chi connectivity index (χ3v) is 3.78. The van der Waals surface area contributed by atoms with Crippen molar-refractivity contribution in [2.24, 2.45) is 5.10 Å². The second-order valence-corrected chi connectivity index (χ2v) is 5.43. The van der Waals surface area contributed by atoms with E-state index in [4.69, 9.17) is 4.74 Å². The average Bonchev–Trinajstić information content (AvgIpc) is 2.55. The van der Waals surface area contributed by atoms with Crippen LogP contribution >= 0.6 is 0 Å². The Kier molecular flexibility index (Phi) is 6.36. The van der Waals surface area contributed by atoms with Crippen LogP contribution < -0.4 is 10.2 Å². The third-order valence-electron chi connectivity index (χ3n) is 3.78. The molecule has 1 N–H and O–H groups in total. The lowest BCUT2D eigenvalue weighted by molar-refractivity contribution is -0.121. The van der Waals surface area contributed by atoms with Gasteiger partial charge in [0.25, 0.3) is 0 Å². The molecule has 6 nitrogen and oxygen atoms in total. The van der Waals surface area contributed by atoms with Crippen LogP contribution in [0.1, 0.15) is 12.0 Å². The summed E-state index contributed by atoms with van der Waals surface area (Å²) >= 11 is 0. The van der Waals surface area contributed by atoms with Crippen LogP contribution in [0.3, 0.4) is 0 Å². The molecule has 1 amide bonds. The SMILES string of the molecule is COc1ccccc1/C=N/NC(=O)CCN1CCN(C)CC1. The summed E-state index contributed by atoms with van der Waals surface area (Å²) < 4.78 is 5.22. The Hall–Kier alpha value is -1.92. The van der Waals surface area contributed by atoms with Gasteiger partial charge in [0, 0.05) is 44.7 Å². The number of para-hydroxylation sites is 1. The van der Waals surface area contributed by atoms with Gasteiger partial charge in [0.1, 0.15) is 5.75 Å². The standard InChI is InChI=1S/C16H24N4O2/c1-19-9-11-20(12-10-19)8-7-16(21)18-17-13-14-5-3-4-6-15(14)22-2/h3-6,13H,7-12H2,1-2H3,(H,18,21)/b17-13+. The van der Waals surface area contributed by atoms with Crippen LogP contribution in [0.4, 0.5) is 0 Å². The topological polar surface area (TPSA) is 57.2 Å². The van der Waals surface area contributed by atoms with Crippen molar-refractivity contribution >= 4 is 12.1 Å². The number of methoxy groups -OCH3 is 1. The lowest BCUT2D eigenvalue weighted by atomic mass is 10.2. The lowest BCUT2D eigenvalue weighted by Crippen LogP contribution is -2.45. The highest BCUT2D eigenvalue weighted by Gasteiger charge is 2.14. The Morgan fingerprint density at radius 1 is 1.32 bits per heavy atom. The van der Waals surface area contributed by atoms with Crippen molar-refractivity contribution in [2.75, 3.05) is 46.9 Å². The lowest BCUT2D eigenvalue weighted by Gasteiger charge is -2.32. The second kappa shape index (κ2) is 8.51. The first-order valence-corrected chi connectivity index (χ1v) is 7.55. The molecule has 1 aromatic carbocycles. The van der Waals surface area contributed by atoms with Crippen molar-refractivity contribution in [2.45, 2.75) is 6.42 Å². The maximum Gasteiger partial charge on any atom is 0.241 e. The molecule has 2 rings (SSSR count). The van der Waals surface area contributed by atoms with Crippen LogP contribution in [0.5, 0.6) is 5.75 Å². The van der Waals surface area contributed by atoms with Crippen molar-refractivity contribution in [1.29, 1.82) is 0 Å². The maximum atomic E-state index is 11.8. The monoisotopic (exact) mass is 304 g/mol. The number of carbonyl (C=O) groups excluding carboxylic acids is 1. The van der Waals surface area contributed by atoms with Gasteiger partial charge in [0.05, 0.1) is 13.3 Å². The Bertz CT molecular complexity index is 511. The maximum absolute atomic E-state index is 11.8. The summed E-state index contributed by atoms with van der Waals surface area (Å²) in [5, 5.41) is 3.99. The van der Waals surface area contributed by atoms with Crippen LogP contribution in [0.25, 0.3) is 0 Å². The van der Waals surface area contributed by atoms with E-state index in [0.717, 1.165) is 44.0 Å². The van der Waals surface area contributed by atoms with E-state index in [-0.39, 0.29) is 5.91 Å². The van der Waals surface area contributed by atoms with Gasteiger partial charge >= 0.3 is 0 Å². The van der Waals surface area contributed by atoms with Gasteiger partial charge in [0.2, 0.25) is 5.91 Å². The van der Waals surface area contributed by atoms with E-state index >= 15 is 0 Å². The molecule has 1 fully saturated rings. The molecule has 0 bridgehead atoms. The zero-order valence-corrected chi connectivity index (χ0v) is 13.3. The number of nitrogens with one attached hydrogen (secondary N) is 1. The van der Waals surface area contributed by atoms with E-state index in [1.807, 2.05) is 24.3 Å². The molecule has 0 radical (unpaired) electrons. The molecule has 6 heteroatoms. The van der Waals surface area contributed by atoms with Gasteiger partial charge in [-0.25, -0.2) is 5.43 Å². The smallest absolute Gasteiger partial charge is 0.241 e. The first kappa shape index (κ1) is 16.5. The summed E-state index contributed by atoms with van der Waals surface area (Å²) in [6.45, 7) is 4.95. The van der Waals surface area contributed by atoms with E-state index in [2.05, 4.69) is 27.4 Å². The fourth-order valence-corrected chi connectivity index (χ4v) is 2.33. The van der Waals surface area contributed by atoms with Crippen molar-refractivity contribution < 1.29 is 9.53 Å². The summed E-state index contributed by atoms with van der Waals surface area (Å²) in [4.78, 5) is 16.4. The molecule has 1 aliphatic rings. The van der Waals surface area contributed by atoms with Crippen LogP contribution in [0.2, 0.25) is 0 Å². The minimum Gasteiger partial charge on any atom is -0.496 e. The Morgan fingerprint density at radius 3 is 2.77 bits per heavy atom. The number of rotatable bonds is 6. The molecule has 1 heterocycles. The number of piperazine rings is 1. The second-order valence-electron chi connectivity index (χ2n) is 5.43. The number of benzene rings is 1. The van der Waals surface area contributed by atoms with Crippen LogP contribution in [-0.2, 0) is 4.79 Å². The number of carbonyl (C=O) groups is 1. The fourth-order valence-electron chi connectivity index (χ4n) is 2.33. The zero-order valence-electron chi connectivity index (χ0n) is 13.3. The Morgan fingerprint density at radius 2 is 2.05 bits per heavy atom. The molecule has 1 aliphatic heterocycles. The number of amides is 1. The van der Waals surface area contributed by atoms with Gasteiger partial charge in [0.15, 0.2) is 0 Å². The highest BCUT2D eigenvalue weighted by atomic mass is 16.5. The Labute approximate surface area is 131 Å². The summed E-state index contributed by atoms with van der Waals surface area (Å²) in [5.41, 5.74) is 3.41. The predicted molar refractivity (Wildman–Crippen MR) is 87.3 cm³/mol. The van der Waals surface area contributed by atoms with E-state index in [1.165, 1.54) is 0 Å². The summed E-state index contributed by atoms with van der Waals surface area (Å²) in [5.74, 6) is 0.669. The predicted octanol–water partition coefficient (Wildman–Crippen LogP) is 0.783. The molecule has 0 spiro atoms. The van der Waals surface area contributed by atoms with Crippen LogP contribution in [0.15, 0.2) is 29.4 Å². The van der Waals surface area contributed by atoms with Gasteiger partial charge in [-0.15, -0.1) is 0 Å². The highest BCUT2D eigenvalue weighted by molar-refractivity contribution is 5.85. The minimum atomic E-state index is -0.0647. The molecular weight excluding hydrogens is 280 g/mol. The van der Waals surface area contributed by atoms with Crippen molar-refractivity contribution in [3.05, 3.63) is 29.8 Å². The number of hydrazone groups is 1. The number of likely N-dealkylation sites (N-methyl/N-ethyl adjacent to an activating group) is 1. The van der Waals surface area contributed by atoms with E-state index < -0.39 is 0 Å². The van der Waals surface area contributed by atoms with E-state index in [1.54, 1.807) is 13.3 Å². The molecular formula is C16H24N4O2. The van der Waals surface area contributed by atoms with Crippen molar-refractivity contribution in [3.63, 3.8) is 0 Å². The summed E-state index contributed by atoms with van der Waals surface area (Å²) in [7, 11) is 3.73. The molecule has 1 aromatic rings. The van der Waals surface area contributed by atoms with E-state index in [9.17, 15) is 4.79 Å². The Balaban J connectivity index is 1.72. The first-order chi connectivity index (χ1) is 10.7. The minimum absolute atomic E-state index is 0.0647. The number of nitrogens with zero attached hydrogens (tertiary/aromatic N) is 3. The van der Waals surface area contributed by atoms with Crippen LogP contribution in [-0.4, -0.2) is 68.8 Å². The quantitative estimate of drug-likeness (QED) is 0.623. The van der Waals surface area contributed by atoms with Gasteiger partial charge in [-0.3, -0.25) is 4.79 Å². The average molecular weight is 304 g/mol. The summed E-state index contributed by atoms with van der Waals surface area (Å²) in [6.07, 6.45) is 2.07. The van der Waals surface area contributed by atoms with Gasteiger partial charge in [-0.05, 0) is 19.2 Å². The number of ether oxygens (including phenoxy) is 1. The van der Waals surface area contributed by atoms with Gasteiger partial charge < -0.3 is 14.5 Å². The first-order valence-electron chi connectivity index (χ1n) is 7.55. The molecule has 0 aliphatic carbocycles. The largest absolute Gasteiger partial charge is 0.496 e. The molecule has 1 saturated heterocycles. The molecule has 0 atom stereocenters. The summed E-state index contributed by atoms with van der Waals surface area (Å²) in [6, 6.07) is 7.54. The highest BCUT2D eigenvalue weighted by Crippen LogP contribution is 2.14. The van der Waals surface area contributed by atoms with Crippen molar-refractivity contribution in [3.8, 4) is 5.75 Å². The number of hydrogen-bond donors (Lipinski definition) is 1. The molecule has 0 unspecified atom stereocenters. The number of hydrogen-bond acceptors (Lipinski definition) is 5. The van der Waals surface area contributed by atoms with Crippen LogP contribution in [0, 0.1) is 0 Å².